The van der Waals surface area contributed by atoms with E-state index in [1.807, 2.05) is 13.8 Å². The predicted molar refractivity (Wildman–Crippen MR) is 63.1 cm³/mol. The van der Waals surface area contributed by atoms with Gasteiger partial charge >= 0.3 is 0 Å². The van der Waals surface area contributed by atoms with E-state index in [1.54, 1.807) is 0 Å². The van der Waals surface area contributed by atoms with Gasteiger partial charge in [0.1, 0.15) is 0 Å². The Morgan fingerprint density at radius 3 is 2.81 bits per heavy atom. The summed E-state index contributed by atoms with van der Waals surface area (Å²) < 4.78 is 0. The Hall–Kier alpha value is -0.870. The Morgan fingerprint density at radius 2 is 2.25 bits per heavy atom. The number of H-pyrrole nitrogens is 1. The van der Waals surface area contributed by atoms with Crippen LogP contribution in [0.2, 0.25) is 0 Å². The number of nitrogens with zero attached hydrogens (tertiary/aromatic N) is 1. The molecule has 4 nitrogen and oxygen atoms in total. The molecule has 3 N–H and O–H groups in total. The Kier molecular flexibility index (Phi) is 3.61. The summed E-state index contributed by atoms with van der Waals surface area (Å²) in [6.07, 6.45) is 3.18. The maximum atomic E-state index is 9.70. The van der Waals surface area contributed by atoms with E-state index in [4.69, 9.17) is 0 Å². The molecule has 1 heterocycles. The predicted octanol–water partition coefficient (Wildman–Crippen LogP) is 1.28. The van der Waals surface area contributed by atoms with Crippen LogP contribution in [0.3, 0.4) is 0 Å². The number of aromatic nitrogens is 2. The fourth-order valence-electron chi connectivity index (χ4n) is 2.47. The van der Waals surface area contributed by atoms with E-state index in [0.717, 1.165) is 43.7 Å². The van der Waals surface area contributed by atoms with Gasteiger partial charge in [-0.2, -0.15) is 5.10 Å². The Balaban J connectivity index is 1.80. The number of aliphatic hydroxyl groups is 1. The molecule has 1 fully saturated rings. The van der Waals surface area contributed by atoms with Crippen LogP contribution in [0.1, 0.15) is 36.2 Å². The average molecular weight is 223 g/mol. The highest BCUT2D eigenvalue weighted by molar-refractivity contribution is 5.22. The quantitative estimate of drug-likeness (QED) is 0.720. The lowest BCUT2D eigenvalue weighted by atomic mass is 10.1. The number of hydrogen-bond donors (Lipinski definition) is 3. The second kappa shape index (κ2) is 4.97. The lowest BCUT2D eigenvalue weighted by Gasteiger charge is -2.15. The molecule has 0 saturated heterocycles. The lowest BCUT2D eigenvalue weighted by molar-refractivity contribution is 0.131. The third-order valence-corrected chi connectivity index (χ3v) is 3.61. The summed E-state index contributed by atoms with van der Waals surface area (Å²) >= 11 is 0. The van der Waals surface area contributed by atoms with Crippen molar-refractivity contribution in [2.24, 2.45) is 5.92 Å². The molecule has 1 saturated carbocycles. The van der Waals surface area contributed by atoms with Crippen molar-refractivity contribution in [3.05, 3.63) is 17.0 Å². The van der Waals surface area contributed by atoms with Gasteiger partial charge in [0.05, 0.1) is 11.8 Å². The molecule has 1 aliphatic rings. The minimum absolute atomic E-state index is 0.0981. The smallest absolute Gasteiger partial charge is 0.0638 e. The van der Waals surface area contributed by atoms with Crippen molar-refractivity contribution in [3.63, 3.8) is 0 Å². The first-order valence-electron chi connectivity index (χ1n) is 6.07. The molecular weight excluding hydrogens is 202 g/mol. The minimum atomic E-state index is -0.0981. The number of hydrogen-bond acceptors (Lipinski definition) is 3. The van der Waals surface area contributed by atoms with Crippen molar-refractivity contribution in [3.8, 4) is 0 Å². The maximum Gasteiger partial charge on any atom is 0.0638 e. The summed E-state index contributed by atoms with van der Waals surface area (Å²) in [6.45, 7) is 5.81. The number of aromatic amines is 1. The molecule has 0 bridgehead atoms. The van der Waals surface area contributed by atoms with Gasteiger partial charge in [-0.25, -0.2) is 0 Å². The minimum Gasteiger partial charge on any atom is -0.393 e. The van der Waals surface area contributed by atoms with Gasteiger partial charge in [0.2, 0.25) is 0 Å². The number of aliphatic hydroxyl groups excluding tert-OH is 1. The van der Waals surface area contributed by atoms with Gasteiger partial charge in [-0.3, -0.25) is 5.10 Å². The zero-order chi connectivity index (χ0) is 11.5. The molecule has 16 heavy (non-hydrogen) atoms. The Labute approximate surface area is 96.5 Å². The van der Waals surface area contributed by atoms with Crippen LogP contribution in [-0.2, 0) is 6.54 Å². The third-order valence-electron chi connectivity index (χ3n) is 3.61. The van der Waals surface area contributed by atoms with Crippen LogP contribution in [0.4, 0.5) is 0 Å². The van der Waals surface area contributed by atoms with Gasteiger partial charge in [0.25, 0.3) is 0 Å². The summed E-state index contributed by atoms with van der Waals surface area (Å²) in [5, 5.41) is 20.3. The van der Waals surface area contributed by atoms with Crippen LogP contribution >= 0.6 is 0 Å². The van der Waals surface area contributed by atoms with Crippen molar-refractivity contribution in [1.29, 1.82) is 0 Å². The molecule has 4 heteroatoms. The first-order chi connectivity index (χ1) is 7.68. The number of rotatable bonds is 4. The molecular formula is C12H21N3O. The van der Waals surface area contributed by atoms with Crippen LogP contribution in [0.25, 0.3) is 0 Å². The molecule has 2 unspecified atom stereocenters. The summed E-state index contributed by atoms with van der Waals surface area (Å²) in [6, 6.07) is 0. The third kappa shape index (κ3) is 2.44. The molecule has 0 radical (unpaired) electrons. The molecule has 0 amide bonds. The van der Waals surface area contributed by atoms with Crippen molar-refractivity contribution < 1.29 is 5.11 Å². The summed E-state index contributed by atoms with van der Waals surface area (Å²) in [5.74, 6) is 0.438. The topological polar surface area (TPSA) is 60.9 Å². The normalized spacial score (nSPS) is 25.2. The molecule has 1 aliphatic carbocycles. The van der Waals surface area contributed by atoms with Crippen LogP contribution in [0.15, 0.2) is 0 Å². The number of nitrogens with one attached hydrogen (secondary N) is 2. The van der Waals surface area contributed by atoms with Gasteiger partial charge in [-0.05, 0) is 32.6 Å². The summed E-state index contributed by atoms with van der Waals surface area (Å²) in [5.41, 5.74) is 3.46. The molecule has 0 aromatic carbocycles. The van der Waals surface area contributed by atoms with Gasteiger partial charge in [0, 0.05) is 24.3 Å². The first-order valence-corrected chi connectivity index (χ1v) is 6.07. The van der Waals surface area contributed by atoms with Gasteiger partial charge < -0.3 is 10.4 Å². The second-order valence-electron chi connectivity index (χ2n) is 4.80. The molecule has 2 rings (SSSR count). The second-order valence-corrected chi connectivity index (χ2v) is 4.80. The van der Waals surface area contributed by atoms with Crippen molar-refractivity contribution in [2.75, 3.05) is 6.54 Å². The van der Waals surface area contributed by atoms with Crippen LogP contribution in [-0.4, -0.2) is 28.0 Å². The molecule has 2 atom stereocenters. The zero-order valence-electron chi connectivity index (χ0n) is 10.1. The van der Waals surface area contributed by atoms with E-state index in [9.17, 15) is 5.11 Å². The van der Waals surface area contributed by atoms with E-state index >= 15 is 0 Å². The van der Waals surface area contributed by atoms with Crippen molar-refractivity contribution in [1.82, 2.24) is 15.5 Å². The number of aryl methyl sites for hydroxylation is 2. The SMILES string of the molecule is Cc1n[nH]c(C)c1CNCC1CCCC1O. The summed E-state index contributed by atoms with van der Waals surface area (Å²) in [7, 11) is 0. The summed E-state index contributed by atoms with van der Waals surface area (Å²) in [4.78, 5) is 0. The monoisotopic (exact) mass is 223 g/mol. The molecule has 1 aromatic heterocycles. The Morgan fingerprint density at radius 1 is 1.44 bits per heavy atom. The molecule has 0 spiro atoms. The standard InChI is InChI=1S/C12H21N3O/c1-8-11(9(2)15-14-8)7-13-6-10-4-3-5-12(10)16/h10,12-13,16H,3-7H2,1-2H3,(H,14,15). The largest absolute Gasteiger partial charge is 0.393 e. The fraction of sp³-hybridized carbons (Fsp3) is 0.750. The van der Waals surface area contributed by atoms with E-state index in [0.29, 0.717) is 5.92 Å². The van der Waals surface area contributed by atoms with E-state index < -0.39 is 0 Å². The molecule has 1 aromatic rings. The zero-order valence-corrected chi connectivity index (χ0v) is 10.1. The van der Waals surface area contributed by atoms with Crippen molar-refractivity contribution >= 4 is 0 Å². The van der Waals surface area contributed by atoms with E-state index in [-0.39, 0.29) is 6.10 Å². The maximum absolute atomic E-state index is 9.70. The Bertz CT molecular complexity index is 329. The highest BCUT2D eigenvalue weighted by atomic mass is 16.3. The highest BCUT2D eigenvalue weighted by Crippen LogP contribution is 2.24. The van der Waals surface area contributed by atoms with Gasteiger partial charge in [0.15, 0.2) is 0 Å². The van der Waals surface area contributed by atoms with Crippen LogP contribution in [0, 0.1) is 19.8 Å². The van der Waals surface area contributed by atoms with Gasteiger partial charge in [-0.15, -0.1) is 0 Å². The van der Waals surface area contributed by atoms with Crippen LogP contribution in [0.5, 0.6) is 0 Å². The average Bonchev–Trinajstić information content (AvgIpc) is 2.79. The van der Waals surface area contributed by atoms with E-state index in [1.165, 1.54) is 5.56 Å². The molecule has 90 valence electrons. The van der Waals surface area contributed by atoms with E-state index in [2.05, 4.69) is 15.5 Å². The van der Waals surface area contributed by atoms with Crippen molar-refractivity contribution in [2.45, 2.75) is 45.8 Å². The fourth-order valence-corrected chi connectivity index (χ4v) is 2.47. The molecule has 0 aliphatic heterocycles. The highest BCUT2D eigenvalue weighted by Gasteiger charge is 2.24. The van der Waals surface area contributed by atoms with Gasteiger partial charge in [-0.1, -0.05) is 6.42 Å². The first kappa shape index (κ1) is 11.6. The lowest BCUT2D eigenvalue weighted by Crippen LogP contribution is -2.27. The van der Waals surface area contributed by atoms with Crippen LogP contribution < -0.4 is 5.32 Å².